The number of carbonyl (C=O) groups is 1. The average Bonchev–Trinajstić information content (AvgIpc) is 3.16. The molecule has 0 atom stereocenters. The van der Waals surface area contributed by atoms with Gasteiger partial charge < -0.3 is 4.42 Å². The Morgan fingerprint density at radius 3 is 2.71 bits per heavy atom. The number of aryl methyl sites for hydroxylation is 1. The first-order chi connectivity index (χ1) is 11.3. The summed E-state index contributed by atoms with van der Waals surface area (Å²) >= 11 is 1.31. The summed E-state index contributed by atoms with van der Waals surface area (Å²) in [4.78, 5) is 17.0. The number of anilines is 1. The van der Waals surface area contributed by atoms with Gasteiger partial charge in [0.2, 0.25) is 0 Å². The molecule has 0 bridgehead atoms. The molecule has 0 unspecified atom stereocenters. The lowest BCUT2D eigenvalue weighted by Gasteiger charge is -2.07. The number of nitrogens with one attached hydrogen (secondary N) is 1. The van der Waals surface area contributed by atoms with E-state index in [0.29, 0.717) is 5.13 Å². The van der Waals surface area contributed by atoms with Gasteiger partial charge in [-0.15, -0.1) is 11.3 Å². The van der Waals surface area contributed by atoms with Gasteiger partial charge in [0.05, 0.1) is 5.56 Å². The first kappa shape index (κ1) is 16.3. The first-order valence-corrected chi connectivity index (χ1v) is 7.66. The van der Waals surface area contributed by atoms with Gasteiger partial charge in [0, 0.05) is 16.6 Å². The fourth-order valence-electron chi connectivity index (χ4n) is 2.04. The second-order valence-electron chi connectivity index (χ2n) is 4.97. The summed E-state index contributed by atoms with van der Waals surface area (Å²) in [6.07, 6.45) is -2.82. The lowest BCUT2D eigenvalue weighted by atomic mass is 10.1. The maximum Gasteiger partial charge on any atom is 0.416 e. The van der Waals surface area contributed by atoms with E-state index in [0.717, 1.165) is 17.0 Å². The van der Waals surface area contributed by atoms with E-state index in [9.17, 15) is 18.0 Å². The molecule has 2 aromatic heterocycles. The third-order valence-electron chi connectivity index (χ3n) is 3.15. The van der Waals surface area contributed by atoms with E-state index < -0.39 is 17.6 Å². The van der Waals surface area contributed by atoms with Gasteiger partial charge in [-0.1, -0.05) is 12.1 Å². The maximum absolute atomic E-state index is 12.8. The summed E-state index contributed by atoms with van der Waals surface area (Å²) in [5, 5.41) is 3.00. The van der Waals surface area contributed by atoms with Gasteiger partial charge in [-0.05, 0) is 31.2 Å². The van der Waals surface area contributed by atoms with E-state index >= 15 is 0 Å². The van der Waals surface area contributed by atoms with Crippen molar-refractivity contribution in [3.8, 4) is 11.3 Å². The standard InChI is InChI=1S/C16H11F3N2O2S/c1-9-8-20-15(24-9)21-14(22)13-6-5-12(23-13)10-3-2-4-11(7-10)16(17,18)19/h2-8H,1H3,(H,20,21,22). The Bertz CT molecular complexity index is 883. The number of carbonyl (C=O) groups excluding carboxylic acids is 1. The fourth-order valence-corrected chi connectivity index (χ4v) is 2.69. The minimum Gasteiger partial charge on any atom is -0.451 e. The number of furan rings is 1. The SMILES string of the molecule is Cc1cnc(NC(=O)c2ccc(-c3cccc(C(F)(F)F)c3)o2)s1. The maximum atomic E-state index is 12.8. The van der Waals surface area contributed by atoms with Crippen molar-refractivity contribution >= 4 is 22.4 Å². The van der Waals surface area contributed by atoms with Crippen molar-refractivity contribution in [2.45, 2.75) is 13.1 Å². The van der Waals surface area contributed by atoms with Crippen molar-refractivity contribution in [1.82, 2.24) is 4.98 Å². The second kappa shape index (κ2) is 6.12. The molecule has 2 heterocycles. The molecular weight excluding hydrogens is 341 g/mol. The zero-order chi connectivity index (χ0) is 17.3. The third-order valence-corrected chi connectivity index (χ3v) is 3.97. The zero-order valence-corrected chi connectivity index (χ0v) is 13.2. The summed E-state index contributed by atoms with van der Waals surface area (Å²) in [7, 11) is 0. The summed E-state index contributed by atoms with van der Waals surface area (Å²) < 4.78 is 43.7. The lowest BCUT2D eigenvalue weighted by Crippen LogP contribution is -2.10. The van der Waals surface area contributed by atoms with Crippen LogP contribution in [-0.2, 0) is 6.18 Å². The Balaban J connectivity index is 1.81. The number of halogens is 3. The minimum absolute atomic E-state index is 0.00438. The van der Waals surface area contributed by atoms with E-state index in [4.69, 9.17) is 4.42 Å². The molecule has 0 saturated heterocycles. The van der Waals surface area contributed by atoms with Crippen molar-refractivity contribution < 1.29 is 22.4 Å². The molecule has 0 spiro atoms. The number of thiazole rings is 1. The topological polar surface area (TPSA) is 55.1 Å². The molecule has 3 rings (SSSR count). The highest BCUT2D eigenvalue weighted by Crippen LogP contribution is 2.32. The van der Waals surface area contributed by atoms with Gasteiger partial charge in [-0.2, -0.15) is 13.2 Å². The Morgan fingerprint density at radius 2 is 2.04 bits per heavy atom. The Hall–Kier alpha value is -2.61. The van der Waals surface area contributed by atoms with Crippen LogP contribution < -0.4 is 5.32 Å². The quantitative estimate of drug-likeness (QED) is 0.723. The number of rotatable bonds is 3. The largest absolute Gasteiger partial charge is 0.451 e. The Morgan fingerprint density at radius 1 is 1.25 bits per heavy atom. The van der Waals surface area contributed by atoms with Gasteiger partial charge in [0.15, 0.2) is 10.9 Å². The molecule has 0 fully saturated rings. The summed E-state index contributed by atoms with van der Waals surface area (Å²) in [5.74, 6) is -0.334. The molecule has 4 nitrogen and oxygen atoms in total. The van der Waals surface area contributed by atoms with E-state index in [-0.39, 0.29) is 17.1 Å². The molecule has 0 aliphatic rings. The predicted octanol–water partition coefficient (Wildman–Crippen LogP) is 4.98. The van der Waals surface area contributed by atoms with Crippen LogP contribution in [0.1, 0.15) is 21.0 Å². The highest BCUT2D eigenvalue weighted by Gasteiger charge is 2.30. The summed E-state index contributed by atoms with van der Waals surface area (Å²) in [6, 6.07) is 7.59. The molecule has 124 valence electrons. The van der Waals surface area contributed by atoms with Crippen molar-refractivity contribution in [3.05, 3.63) is 58.8 Å². The van der Waals surface area contributed by atoms with E-state index in [2.05, 4.69) is 10.3 Å². The van der Waals surface area contributed by atoms with Crippen LogP contribution in [0.25, 0.3) is 11.3 Å². The van der Waals surface area contributed by atoms with Crippen molar-refractivity contribution in [2.24, 2.45) is 0 Å². The van der Waals surface area contributed by atoms with Gasteiger partial charge >= 0.3 is 6.18 Å². The number of hydrogen-bond acceptors (Lipinski definition) is 4. The van der Waals surface area contributed by atoms with Crippen LogP contribution >= 0.6 is 11.3 Å². The van der Waals surface area contributed by atoms with Crippen LogP contribution in [0.2, 0.25) is 0 Å². The molecule has 0 radical (unpaired) electrons. The van der Waals surface area contributed by atoms with E-state index in [1.807, 2.05) is 6.92 Å². The normalized spacial score (nSPS) is 11.5. The monoisotopic (exact) mass is 352 g/mol. The molecule has 1 aromatic carbocycles. The third kappa shape index (κ3) is 3.48. The van der Waals surface area contributed by atoms with Gasteiger partial charge in [-0.25, -0.2) is 4.98 Å². The Kier molecular flexibility index (Phi) is 4.15. The Labute approximate surface area is 139 Å². The van der Waals surface area contributed by atoms with Crippen molar-refractivity contribution in [2.75, 3.05) is 5.32 Å². The fraction of sp³-hybridized carbons (Fsp3) is 0.125. The molecule has 1 N–H and O–H groups in total. The number of aromatic nitrogens is 1. The number of nitrogens with zero attached hydrogens (tertiary/aromatic N) is 1. The summed E-state index contributed by atoms with van der Waals surface area (Å²) in [6.45, 7) is 1.85. The van der Waals surface area contributed by atoms with Crippen LogP contribution in [0.5, 0.6) is 0 Å². The minimum atomic E-state index is -4.44. The van der Waals surface area contributed by atoms with Crippen LogP contribution in [0.15, 0.2) is 47.0 Å². The molecule has 24 heavy (non-hydrogen) atoms. The van der Waals surface area contributed by atoms with Gasteiger partial charge in [-0.3, -0.25) is 10.1 Å². The molecular formula is C16H11F3N2O2S. The molecule has 1 amide bonds. The molecule has 3 aromatic rings. The van der Waals surface area contributed by atoms with Crippen LogP contribution in [-0.4, -0.2) is 10.9 Å². The number of alkyl halides is 3. The smallest absolute Gasteiger partial charge is 0.416 e. The predicted molar refractivity (Wildman–Crippen MR) is 84.0 cm³/mol. The van der Waals surface area contributed by atoms with Crippen molar-refractivity contribution in [3.63, 3.8) is 0 Å². The van der Waals surface area contributed by atoms with Crippen LogP contribution in [0, 0.1) is 6.92 Å². The highest BCUT2D eigenvalue weighted by molar-refractivity contribution is 7.15. The van der Waals surface area contributed by atoms with Crippen LogP contribution in [0.4, 0.5) is 18.3 Å². The number of amides is 1. The zero-order valence-electron chi connectivity index (χ0n) is 12.3. The molecule has 0 aliphatic heterocycles. The summed E-state index contributed by atoms with van der Waals surface area (Å²) in [5.41, 5.74) is -0.533. The van der Waals surface area contributed by atoms with Gasteiger partial charge in [0.1, 0.15) is 5.76 Å². The first-order valence-electron chi connectivity index (χ1n) is 6.84. The highest BCUT2D eigenvalue weighted by atomic mass is 32.1. The van der Waals surface area contributed by atoms with Crippen molar-refractivity contribution in [1.29, 1.82) is 0 Å². The van der Waals surface area contributed by atoms with Gasteiger partial charge in [0.25, 0.3) is 5.91 Å². The lowest BCUT2D eigenvalue weighted by molar-refractivity contribution is -0.137. The molecule has 0 aliphatic carbocycles. The van der Waals surface area contributed by atoms with E-state index in [1.165, 1.54) is 35.6 Å². The molecule has 8 heteroatoms. The number of hydrogen-bond donors (Lipinski definition) is 1. The second-order valence-corrected chi connectivity index (χ2v) is 6.21. The average molecular weight is 352 g/mol. The number of benzene rings is 1. The van der Waals surface area contributed by atoms with Crippen LogP contribution in [0.3, 0.4) is 0 Å². The van der Waals surface area contributed by atoms with E-state index in [1.54, 1.807) is 6.20 Å². The molecule has 0 saturated carbocycles.